The first kappa shape index (κ1) is 15.7. The number of benzene rings is 1. The molecule has 1 aromatic rings. The Morgan fingerprint density at radius 3 is 2.71 bits per heavy atom. The van der Waals surface area contributed by atoms with Crippen LogP contribution in [0.15, 0.2) is 18.2 Å². The molecule has 0 saturated carbocycles. The number of piperidine rings is 1. The minimum atomic E-state index is -0.522. The third-order valence-electron chi connectivity index (χ3n) is 3.79. The number of halogens is 1. The fourth-order valence-electron chi connectivity index (χ4n) is 2.59. The van der Waals surface area contributed by atoms with Crippen LogP contribution >= 0.6 is 11.6 Å². The Hall–Kier alpha value is -1.66. The minimum absolute atomic E-state index is 0.118. The van der Waals surface area contributed by atoms with Gasteiger partial charge in [-0.25, -0.2) is 0 Å². The molecule has 0 bridgehead atoms. The number of nitrogens with zero attached hydrogens (tertiary/aromatic N) is 2. The Bertz CT molecular complexity index is 542. The van der Waals surface area contributed by atoms with Gasteiger partial charge in [0.2, 0.25) is 0 Å². The van der Waals surface area contributed by atoms with Gasteiger partial charge in [-0.2, -0.15) is 0 Å². The standard InChI is InChI=1S/C14H18ClN3O3/c1-16-9-10-4-6-17(7-5-10)14(19)12-8-11(18(20)21)2-3-13(12)15/h2-3,8,10,16H,4-7,9H2,1H3. The zero-order valence-corrected chi connectivity index (χ0v) is 12.6. The van der Waals surface area contributed by atoms with Gasteiger partial charge in [0, 0.05) is 25.2 Å². The van der Waals surface area contributed by atoms with Crippen LogP contribution < -0.4 is 5.32 Å². The van der Waals surface area contributed by atoms with Crippen molar-refractivity contribution in [3.63, 3.8) is 0 Å². The molecule has 0 aromatic heterocycles. The molecule has 0 radical (unpaired) electrons. The summed E-state index contributed by atoms with van der Waals surface area (Å²) in [4.78, 5) is 24.5. The number of hydrogen-bond acceptors (Lipinski definition) is 4. The van der Waals surface area contributed by atoms with E-state index in [1.165, 1.54) is 18.2 Å². The first-order chi connectivity index (χ1) is 10.0. The zero-order valence-electron chi connectivity index (χ0n) is 11.8. The van der Waals surface area contributed by atoms with E-state index in [1.807, 2.05) is 7.05 Å². The summed E-state index contributed by atoms with van der Waals surface area (Å²) in [5.74, 6) is 0.339. The molecule has 114 valence electrons. The van der Waals surface area contributed by atoms with E-state index in [1.54, 1.807) is 4.90 Å². The molecule has 1 aromatic carbocycles. The summed E-state index contributed by atoms with van der Waals surface area (Å²) < 4.78 is 0. The molecule has 21 heavy (non-hydrogen) atoms. The molecule has 1 amide bonds. The average molecular weight is 312 g/mol. The van der Waals surface area contributed by atoms with E-state index in [-0.39, 0.29) is 22.2 Å². The van der Waals surface area contributed by atoms with Gasteiger partial charge in [-0.1, -0.05) is 11.6 Å². The highest BCUT2D eigenvalue weighted by molar-refractivity contribution is 6.33. The van der Waals surface area contributed by atoms with Gasteiger partial charge in [-0.05, 0) is 38.4 Å². The van der Waals surface area contributed by atoms with Crippen molar-refractivity contribution >= 4 is 23.2 Å². The third kappa shape index (κ3) is 3.71. The van der Waals surface area contributed by atoms with Crippen molar-refractivity contribution in [2.75, 3.05) is 26.7 Å². The highest BCUT2D eigenvalue weighted by Gasteiger charge is 2.25. The molecule has 1 heterocycles. The molecule has 0 aliphatic carbocycles. The van der Waals surface area contributed by atoms with Crippen molar-refractivity contribution in [1.29, 1.82) is 0 Å². The van der Waals surface area contributed by atoms with Crippen LogP contribution in [-0.4, -0.2) is 42.4 Å². The van der Waals surface area contributed by atoms with Crippen LogP contribution in [0.25, 0.3) is 0 Å². The molecule has 1 saturated heterocycles. The summed E-state index contributed by atoms with van der Waals surface area (Å²) in [7, 11) is 1.92. The molecule has 1 aliphatic heterocycles. The van der Waals surface area contributed by atoms with Crippen molar-refractivity contribution in [3.8, 4) is 0 Å². The molecule has 6 nitrogen and oxygen atoms in total. The smallest absolute Gasteiger partial charge is 0.270 e. The average Bonchev–Trinajstić information content (AvgIpc) is 2.48. The summed E-state index contributed by atoms with van der Waals surface area (Å²) >= 11 is 6.01. The lowest BCUT2D eigenvalue weighted by Crippen LogP contribution is -2.40. The van der Waals surface area contributed by atoms with Gasteiger partial charge in [0.05, 0.1) is 15.5 Å². The monoisotopic (exact) mass is 311 g/mol. The maximum atomic E-state index is 12.5. The van der Waals surface area contributed by atoms with Gasteiger partial charge in [0.1, 0.15) is 0 Å². The maximum Gasteiger partial charge on any atom is 0.270 e. The highest BCUT2D eigenvalue weighted by Crippen LogP contribution is 2.25. The Morgan fingerprint density at radius 2 is 2.14 bits per heavy atom. The number of likely N-dealkylation sites (tertiary alicyclic amines) is 1. The number of carbonyl (C=O) groups is 1. The fourth-order valence-corrected chi connectivity index (χ4v) is 2.79. The van der Waals surface area contributed by atoms with Crippen LogP contribution in [0.2, 0.25) is 5.02 Å². The second-order valence-electron chi connectivity index (χ2n) is 5.21. The number of non-ortho nitro benzene ring substituents is 1. The van der Waals surface area contributed by atoms with Crippen LogP contribution in [0.3, 0.4) is 0 Å². The van der Waals surface area contributed by atoms with E-state index in [2.05, 4.69) is 5.32 Å². The van der Waals surface area contributed by atoms with Crippen molar-refractivity contribution in [1.82, 2.24) is 10.2 Å². The van der Waals surface area contributed by atoms with Gasteiger partial charge in [-0.3, -0.25) is 14.9 Å². The van der Waals surface area contributed by atoms with Crippen LogP contribution in [0.4, 0.5) is 5.69 Å². The van der Waals surface area contributed by atoms with E-state index in [0.29, 0.717) is 19.0 Å². The Balaban J connectivity index is 2.10. The van der Waals surface area contributed by atoms with Gasteiger partial charge in [0.15, 0.2) is 0 Å². The van der Waals surface area contributed by atoms with E-state index in [4.69, 9.17) is 11.6 Å². The van der Waals surface area contributed by atoms with E-state index < -0.39 is 4.92 Å². The lowest BCUT2D eigenvalue weighted by molar-refractivity contribution is -0.384. The van der Waals surface area contributed by atoms with E-state index in [9.17, 15) is 14.9 Å². The summed E-state index contributed by atoms with van der Waals surface area (Å²) in [5, 5.41) is 14.2. The minimum Gasteiger partial charge on any atom is -0.339 e. The number of hydrogen-bond donors (Lipinski definition) is 1. The molecular weight excluding hydrogens is 294 g/mol. The normalized spacial score (nSPS) is 16.0. The highest BCUT2D eigenvalue weighted by atomic mass is 35.5. The number of nitro groups is 1. The molecular formula is C14H18ClN3O3. The molecule has 1 fully saturated rings. The molecule has 7 heteroatoms. The molecule has 0 unspecified atom stereocenters. The second-order valence-corrected chi connectivity index (χ2v) is 5.62. The lowest BCUT2D eigenvalue weighted by atomic mass is 9.96. The van der Waals surface area contributed by atoms with Crippen LogP contribution in [-0.2, 0) is 0 Å². The third-order valence-corrected chi connectivity index (χ3v) is 4.12. The Morgan fingerprint density at radius 1 is 1.48 bits per heavy atom. The van der Waals surface area contributed by atoms with Crippen molar-refractivity contribution in [2.45, 2.75) is 12.8 Å². The van der Waals surface area contributed by atoms with Crippen molar-refractivity contribution < 1.29 is 9.72 Å². The molecule has 1 aliphatic rings. The summed E-state index contributed by atoms with van der Waals surface area (Å²) in [5.41, 5.74) is 0.0887. The Labute approximate surface area is 128 Å². The van der Waals surface area contributed by atoms with Crippen LogP contribution in [0, 0.1) is 16.0 Å². The largest absolute Gasteiger partial charge is 0.339 e. The van der Waals surface area contributed by atoms with E-state index in [0.717, 1.165) is 19.4 Å². The first-order valence-corrected chi connectivity index (χ1v) is 7.28. The molecule has 0 atom stereocenters. The van der Waals surface area contributed by atoms with Crippen molar-refractivity contribution in [2.24, 2.45) is 5.92 Å². The maximum absolute atomic E-state index is 12.5. The quantitative estimate of drug-likeness (QED) is 0.684. The number of carbonyl (C=O) groups excluding carboxylic acids is 1. The Kier molecular flexibility index (Phi) is 5.14. The van der Waals surface area contributed by atoms with E-state index >= 15 is 0 Å². The van der Waals surface area contributed by atoms with Gasteiger partial charge in [0.25, 0.3) is 11.6 Å². The predicted octanol–water partition coefficient (Wildman–Crippen LogP) is 2.32. The summed E-state index contributed by atoms with van der Waals surface area (Å²) in [6, 6.07) is 3.96. The topological polar surface area (TPSA) is 75.5 Å². The van der Waals surface area contributed by atoms with Gasteiger partial charge < -0.3 is 10.2 Å². The second kappa shape index (κ2) is 6.87. The number of nitrogens with one attached hydrogen (secondary N) is 1. The van der Waals surface area contributed by atoms with Gasteiger partial charge in [-0.15, -0.1) is 0 Å². The lowest BCUT2D eigenvalue weighted by Gasteiger charge is -2.32. The van der Waals surface area contributed by atoms with Gasteiger partial charge >= 0.3 is 0 Å². The summed E-state index contributed by atoms with van der Waals surface area (Å²) in [6.45, 7) is 2.26. The molecule has 2 rings (SSSR count). The summed E-state index contributed by atoms with van der Waals surface area (Å²) in [6.07, 6.45) is 1.86. The fraction of sp³-hybridized carbons (Fsp3) is 0.500. The van der Waals surface area contributed by atoms with Crippen molar-refractivity contribution in [3.05, 3.63) is 38.9 Å². The molecule has 1 N–H and O–H groups in total. The molecule has 0 spiro atoms. The number of nitro benzene ring substituents is 1. The van der Waals surface area contributed by atoms with Crippen LogP contribution in [0.5, 0.6) is 0 Å². The van der Waals surface area contributed by atoms with Crippen LogP contribution in [0.1, 0.15) is 23.2 Å². The predicted molar refractivity (Wildman–Crippen MR) is 80.7 cm³/mol. The SMILES string of the molecule is CNCC1CCN(C(=O)c2cc([N+](=O)[O-])ccc2Cl)CC1. The number of rotatable bonds is 4. The zero-order chi connectivity index (χ0) is 15.4. The first-order valence-electron chi connectivity index (χ1n) is 6.90. The number of amides is 1.